The Kier molecular flexibility index (Phi) is 7.14. The fourth-order valence-electron chi connectivity index (χ4n) is 2.04. The van der Waals surface area contributed by atoms with E-state index in [4.69, 9.17) is 0 Å². The van der Waals surface area contributed by atoms with E-state index >= 15 is 0 Å². The summed E-state index contributed by atoms with van der Waals surface area (Å²) in [5, 5.41) is 15.6. The Morgan fingerprint density at radius 2 is 1.83 bits per heavy atom. The van der Waals surface area contributed by atoms with Crippen molar-refractivity contribution in [2.75, 3.05) is 30.5 Å². The SMILES string of the molecule is CN(C)S(=O)(=O)c1ccc(C(=O)Nc2nnc(SCC(=O)Nc3nccs3)s2)cc1. The molecule has 3 rings (SSSR count). The molecular formula is C16H16N6O4S4. The van der Waals surface area contributed by atoms with Gasteiger partial charge in [0.15, 0.2) is 9.47 Å². The van der Waals surface area contributed by atoms with Gasteiger partial charge in [-0.2, -0.15) is 0 Å². The predicted molar refractivity (Wildman–Crippen MR) is 117 cm³/mol. The molecule has 0 atom stereocenters. The fraction of sp³-hybridized carbons (Fsp3) is 0.188. The lowest BCUT2D eigenvalue weighted by Crippen LogP contribution is -2.22. The zero-order valence-corrected chi connectivity index (χ0v) is 19.0. The first-order valence-electron chi connectivity index (χ1n) is 8.25. The van der Waals surface area contributed by atoms with Crippen LogP contribution in [-0.2, 0) is 14.8 Å². The van der Waals surface area contributed by atoms with E-state index in [0.717, 1.165) is 15.6 Å². The number of carbonyl (C=O) groups excluding carboxylic acids is 2. The van der Waals surface area contributed by atoms with Crippen LogP contribution in [0.25, 0.3) is 0 Å². The van der Waals surface area contributed by atoms with Gasteiger partial charge < -0.3 is 5.32 Å². The molecule has 0 aliphatic heterocycles. The average Bonchev–Trinajstić information content (AvgIpc) is 3.38. The van der Waals surface area contributed by atoms with Gasteiger partial charge in [-0.15, -0.1) is 21.5 Å². The number of amides is 2. The van der Waals surface area contributed by atoms with E-state index < -0.39 is 15.9 Å². The van der Waals surface area contributed by atoms with Crippen LogP contribution in [0.15, 0.2) is 45.1 Å². The molecule has 0 aliphatic rings. The van der Waals surface area contributed by atoms with Gasteiger partial charge >= 0.3 is 0 Å². The highest BCUT2D eigenvalue weighted by Crippen LogP contribution is 2.26. The first-order chi connectivity index (χ1) is 14.3. The van der Waals surface area contributed by atoms with Crippen LogP contribution < -0.4 is 10.6 Å². The quantitative estimate of drug-likeness (QED) is 0.367. The standard InChI is InChI=1S/C16H16N6O4S4/c1-22(2)30(25,26)11-5-3-10(4-6-11)13(24)19-15-20-21-16(29-15)28-9-12(23)18-14-17-7-8-27-14/h3-8H,9H2,1-2H3,(H,17,18,23)(H,19,20,24). The minimum atomic E-state index is -3.56. The van der Waals surface area contributed by atoms with Gasteiger partial charge in [-0.25, -0.2) is 17.7 Å². The number of nitrogens with one attached hydrogen (secondary N) is 2. The molecule has 14 heteroatoms. The minimum absolute atomic E-state index is 0.0923. The van der Waals surface area contributed by atoms with Gasteiger partial charge in [-0.3, -0.25) is 14.9 Å². The van der Waals surface area contributed by atoms with Gasteiger partial charge in [0.25, 0.3) is 5.91 Å². The maximum absolute atomic E-state index is 12.4. The summed E-state index contributed by atoms with van der Waals surface area (Å²) in [7, 11) is -0.694. The van der Waals surface area contributed by atoms with Crippen molar-refractivity contribution >= 4 is 66.5 Å². The normalized spacial score (nSPS) is 11.4. The van der Waals surface area contributed by atoms with Crippen molar-refractivity contribution in [2.45, 2.75) is 9.24 Å². The molecule has 2 heterocycles. The molecule has 0 saturated heterocycles. The second kappa shape index (κ2) is 9.61. The van der Waals surface area contributed by atoms with Gasteiger partial charge in [0.1, 0.15) is 0 Å². The topological polar surface area (TPSA) is 134 Å². The van der Waals surface area contributed by atoms with Crippen LogP contribution in [0, 0.1) is 0 Å². The number of thioether (sulfide) groups is 1. The van der Waals surface area contributed by atoms with Crippen molar-refractivity contribution in [1.82, 2.24) is 19.5 Å². The van der Waals surface area contributed by atoms with Crippen LogP contribution in [0.4, 0.5) is 10.3 Å². The monoisotopic (exact) mass is 484 g/mol. The number of rotatable bonds is 8. The molecule has 1 aromatic carbocycles. The summed E-state index contributed by atoms with van der Waals surface area (Å²) >= 11 is 3.64. The van der Waals surface area contributed by atoms with E-state index in [1.165, 1.54) is 61.5 Å². The van der Waals surface area contributed by atoms with Crippen molar-refractivity contribution in [1.29, 1.82) is 0 Å². The fourth-order valence-corrected chi connectivity index (χ4v) is 5.04. The summed E-state index contributed by atoms with van der Waals surface area (Å²) in [6.07, 6.45) is 1.60. The van der Waals surface area contributed by atoms with Crippen LogP contribution in [0.1, 0.15) is 10.4 Å². The molecule has 0 unspecified atom stereocenters. The predicted octanol–water partition coefficient (Wildman–Crippen LogP) is 2.23. The maximum atomic E-state index is 12.4. The average molecular weight is 485 g/mol. The molecule has 2 aromatic heterocycles. The minimum Gasteiger partial charge on any atom is -0.301 e. The summed E-state index contributed by atoms with van der Waals surface area (Å²) in [4.78, 5) is 28.3. The summed E-state index contributed by atoms with van der Waals surface area (Å²) in [6, 6.07) is 5.58. The number of aromatic nitrogens is 3. The second-order valence-electron chi connectivity index (χ2n) is 5.81. The molecule has 0 radical (unpaired) electrons. The third-order valence-electron chi connectivity index (χ3n) is 3.53. The van der Waals surface area contributed by atoms with Crippen molar-refractivity contribution in [3.63, 3.8) is 0 Å². The van der Waals surface area contributed by atoms with Gasteiger partial charge in [0.05, 0.1) is 10.6 Å². The number of carbonyl (C=O) groups is 2. The smallest absolute Gasteiger partial charge is 0.257 e. The zero-order valence-electron chi connectivity index (χ0n) is 15.7. The highest BCUT2D eigenvalue weighted by atomic mass is 32.2. The van der Waals surface area contributed by atoms with Crippen LogP contribution in [0.5, 0.6) is 0 Å². The molecule has 0 spiro atoms. The molecule has 158 valence electrons. The molecule has 0 aliphatic carbocycles. The van der Waals surface area contributed by atoms with Gasteiger partial charge in [-0.1, -0.05) is 23.1 Å². The molecule has 2 N–H and O–H groups in total. The lowest BCUT2D eigenvalue weighted by atomic mass is 10.2. The Morgan fingerprint density at radius 1 is 1.10 bits per heavy atom. The van der Waals surface area contributed by atoms with Gasteiger partial charge in [-0.05, 0) is 24.3 Å². The Labute approximate surface area is 184 Å². The third kappa shape index (κ3) is 5.60. The number of nitrogens with zero attached hydrogens (tertiary/aromatic N) is 4. The Balaban J connectivity index is 1.55. The number of hydrogen-bond acceptors (Lipinski definition) is 10. The summed E-state index contributed by atoms with van der Waals surface area (Å²) < 4.78 is 25.8. The van der Waals surface area contributed by atoms with Gasteiger partial charge in [0.2, 0.25) is 21.1 Å². The largest absolute Gasteiger partial charge is 0.301 e. The van der Waals surface area contributed by atoms with Crippen LogP contribution >= 0.6 is 34.4 Å². The molecule has 30 heavy (non-hydrogen) atoms. The Bertz CT molecular complexity index is 1130. The van der Waals surface area contributed by atoms with Crippen molar-refractivity contribution in [3.05, 3.63) is 41.4 Å². The molecule has 0 saturated carbocycles. The summed E-state index contributed by atoms with van der Waals surface area (Å²) in [5.41, 5.74) is 0.278. The van der Waals surface area contributed by atoms with Gasteiger partial charge in [0, 0.05) is 31.2 Å². The third-order valence-corrected chi connectivity index (χ3v) is 8.02. The molecule has 0 fully saturated rings. The number of benzene rings is 1. The number of thiazole rings is 1. The van der Waals surface area contributed by atoms with Crippen molar-refractivity contribution in [2.24, 2.45) is 0 Å². The molecule has 2 amide bonds. The van der Waals surface area contributed by atoms with Crippen LogP contribution in [0.3, 0.4) is 0 Å². The highest BCUT2D eigenvalue weighted by Gasteiger charge is 2.18. The van der Waals surface area contributed by atoms with E-state index in [2.05, 4.69) is 25.8 Å². The zero-order chi connectivity index (χ0) is 21.7. The van der Waals surface area contributed by atoms with Crippen LogP contribution in [0.2, 0.25) is 0 Å². The summed E-state index contributed by atoms with van der Waals surface area (Å²) in [5.74, 6) is -0.536. The van der Waals surface area contributed by atoms with E-state index in [1.807, 2.05) is 0 Å². The first-order valence-corrected chi connectivity index (χ1v) is 12.4. The second-order valence-corrected chi connectivity index (χ2v) is 11.1. The first kappa shape index (κ1) is 22.3. The van der Waals surface area contributed by atoms with E-state index in [9.17, 15) is 18.0 Å². The number of anilines is 2. The van der Waals surface area contributed by atoms with Crippen molar-refractivity contribution < 1.29 is 18.0 Å². The molecule has 0 bridgehead atoms. The Hall–Kier alpha value is -2.39. The summed E-state index contributed by atoms with van der Waals surface area (Å²) in [6.45, 7) is 0. The van der Waals surface area contributed by atoms with E-state index in [-0.39, 0.29) is 27.3 Å². The number of hydrogen-bond donors (Lipinski definition) is 2. The molecule has 3 aromatic rings. The molecule has 10 nitrogen and oxygen atoms in total. The highest BCUT2D eigenvalue weighted by molar-refractivity contribution is 8.01. The number of sulfonamides is 1. The molecular weight excluding hydrogens is 468 g/mol. The lowest BCUT2D eigenvalue weighted by Gasteiger charge is -2.11. The maximum Gasteiger partial charge on any atom is 0.257 e. The Morgan fingerprint density at radius 3 is 2.47 bits per heavy atom. The van der Waals surface area contributed by atoms with E-state index in [1.54, 1.807) is 11.6 Å². The van der Waals surface area contributed by atoms with Crippen LogP contribution in [-0.4, -0.2) is 59.6 Å². The lowest BCUT2D eigenvalue weighted by molar-refractivity contribution is -0.113. The van der Waals surface area contributed by atoms with E-state index in [0.29, 0.717) is 9.47 Å². The van der Waals surface area contributed by atoms with Crippen molar-refractivity contribution in [3.8, 4) is 0 Å².